The van der Waals surface area contributed by atoms with E-state index in [1.807, 2.05) is 6.92 Å². The number of rotatable bonds is 4. The fourth-order valence-electron chi connectivity index (χ4n) is 1.92. The molecular weight excluding hydrogens is 281 g/mol. The van der Waals surface area contributed by atoms with Crippen LogP contribution in [0.4, 0.5) is 15.8 Å². The number of nitrogens with one attached hydrogen (secondary N) is 1. The van der Waals surface area contributed by atoms with Gasteiger partial charge in [0.05, 0.1) is 11.3 Å². The fourth-order valence-corrected chi connectivity index (χ4v) is 2.10. The molecule has 0 saturated carbocycles. The van der Waals surface area contributed by atoms with Gasteiger partial charge in [0.15, 0.2) is 0 Å². The molecule has 5 heteroatoms. The van der Waals surface area contributed by atoms with E-state index in [4.69, 9.17) is 11.6 Å². The molecule has 2 rings (SSSR count). The molecule has 0 aromatic heterocycles. The van der Waals surface area contributed by atoms with Crippen LogP contribution in [0.25, 0.3) is 0 Å². The summed E-state index contributed by atoms with van der Waals surface area (Å²) in [6.45, 7) is 1.90. The summed E-state index contributed by atoms with van der Waals surface area (Å²) < 4.78 is 13.2. The zero-order valence-corrected chi connectivity index (χ0v) is 11.5. The highest BCUT2D eigenvalue weighted by Crippen LogP contribution is 2.27. The minimum Gasteiger partial charge on any atom is -0.478 e. The molecule has 2 N–H and O–H groups in total. The van der Waals surface area contributed by atoms with E-state index in [0.717, 1.165) is 5.56 Å². The van der Waals surface area contributed by atoms with Crippen molar-refractivity contribution in [3.05, 3.63) is 58.4 Å². The molecule has 0 heterocycles. The first-order chi connectivity index (χ1) is 9.51. The van der Waals surface area contributed by atoms with Crippen LogP contribution in [0.2, 0.25) is 5.02 Å². The van der Waals surface area contributed by atoms with Crippen molar-refractivity contribution < 1.29 is 14.3 Å². The molecule has 0 unspecified atom stereocenters. The number of hydrogen-bond acceptors (Lipinski definition) is 2. The molecule has 2 aromatic rings. The quantitative estimate of drug-likeness (QED) is 0.873. The van der Waals surface area contributed by atoms with Crippen molar-refractivity contribution in [2.24, 2.45) is 0 Å². The molecule has 0 saturated heterocycles. The Hall–Kier alpha value is -2.07. The van der Waals surface area contributed by atoms with Crippen LogP contribution in [-0.2, 0) is 6.42 Å². The van der Waals surface area contributed by atoms with Gasteiger partial charge in [0.25, 0.3) is 0 Å². The molecule has 0 bridgehead atoms. The summed E-state index contributed by atoms with van der Waals surface area (Å²) in [6, 6.07) is 8.92. The molecule has 0 atom stereocenters. The number of carboxylic acids is 1. The first-order valence-electron chi connectivity index (χ1n) is 6.09. The predicted octanol–water partition coefficient (Wildman–Crippen LogP) is 4.48. The van der Waals surface area contributed by atoms with Crippen LogP contribution in [0.15, 0.2) is 36.4 Å². The van der Waals surface area contributed by atoms with Crippen LogP contribution in [0.3, 0.4) is 0 Å². The van der Waals surface area contributed by atoms with Gasteiger partial charge >= 0.3 is 5.97 Å². The summed E-state index contributed by atoms with van der Waals surface area (Å²) in [5.41, 5.74) is 1.95. The van der Waals surface area contributed by atoms with E-state index in [0.29, 0.717) is 22.8 Å². The maximum atomic E-state index is 13.2. The zero-order valence-electron chi connectivity index (χ0n) is 10.8. The largest absolute Gasteiger partial charge is 0.478 e. The molecule has 3 nitrogen and oxygen atoms in total. The fraction of sp³-hybridized carbons (Fsp3) is 0.133. The monoisotopic (exact) mass is 293 g/mol. The molecule has 0 radical (unpaired) electrons. The minimum atomic E-state index is -1.07. The Bertz CT molecular complexity index is 658. The Morgan fingerprint density at radius 2 is 1.95 bits per heavy atom. The summed E-state index contributed by atoms with van der Waals surface area (Å²) in [7, 11) is 0. The Labute approximate surface area is 121 Å². The Morgan fingerprint density at radius 1 is 1.25 bits per heavy atom. The van der Waals surface area contributed by atoms with Gasteiger partial charge in [0, 0.05) is 10.7 Å². The van der Waals surface area contributed by atoms with Crippen molar-refractivity contribution in [2.45, 2.75) is 13.3 Å². The van der Waals surface area contributed by atoms with Crippen LogP contribution >= 0.6 is 11.6 Å². The molecule has 104 valence electrons. The Morgan fingerprint density at radius 3 is 2.60 bits per heavy atom. The van der Waals surface area contributed by atoms with E-state index < -0.39 is 5.97 Å². The molecule has 2 aromatic carbocycles. The van der Waals surface area contributed by atoms with Gasteiger partial charge in [0.2, 0.25) is 0 Å². The third-order valence-electron chi connectivity index (χ3n) is 2.93. The van der Waals surface area contributed by atoms with Gasteiger partial charge in [0.1, 0.15) is 5.82 Å². The van der Waals surface area contributed by atoms with Gasteiger partial charge in [-0.25, -0.2) is 9.18 Å². The number of carbonyl (C=O) groups is 1. The molecule has 0 aliphatic rings. The van der Waals surface area contributed by atoms with Crippen molar-refractivity contribution in [1.29, 1.82) is 0 Å². The van der Waals surface area contributed by atoms with Crippen molar-refractivity contribution >= 4 is 28.9 Å². The maximum absolute atomic E-state index is 13.2. The molecule has 0 fully saturated rings. The van der Waals surface area contributed by atoms with Crippen molar-refractivity contribution in [2.75, 3.05) is 5.32 Å². The van der Waals surface area contributed by atoms with Gasteiger partial charge in [-0.05, 0) is 48.4 Å². The van der Waals surface area contributed by atoms with Gasteiger partial charge in [-0.2, -0.15) is 0 Å². The summed E-state index contributed by atoms with van der Waals surface area (Å²) in [4.78, 5) is 11.2. The zero-order chi connectivity index (χ0) is 14.7. The first kappa shape index (κ1) is 14.3. The number of benzene rings is 2. The van der Waals surface area contributed by atoms with Crippen molar-refractivity contribution in [3.63, 3.8) is 0 Å². The number of halogens is 2. The van der Waals surface area contributed by atoms with E-state index in [1.54, 1.807) is 18.2 Å². The third-order valence-corrected chi connectivity index (χ3v) is 3.16. The first-order valence-corrected chi connectivity index (χ1v) is 6.47. The lowest BCUT2D eigenvalue weighted by Gasteiger charge is -2.13. The number of carboxylic acid groups (broad SMARTS) is 1. The van der Waals surface area contributed by atoms with Gasteiger partial charge in [-0.3, -0.25) is 0 Å². The lowest BCUT2D eigenvalue weighted by atomic mass is 10.1. The van der Waals surface area contributed by atoms with Crippen LogP contribution in [0, 0.1) is 5.82 Å². The van der Waals surface area contributed by atoms with Gasteiger partial charge < -0.3 is 10.4 Å². The van der Waals surface area contributed by atoms with Crippen molar-refractivity contribution in [1.82, 2.24) is 0 Å². The number of anilines is 2. The Kier molecular flexibility index (Phi) is 4.25. The SMILES string of the molecule is CCc1cc(F)ccc1Nc1ccc(Cl)cc1C(=O)O. The average Bonchev–Trinajstić information content (AvgIpc) is 2.42. The lowest BCUT2D eigenvalue weighted by Crippen LogP contribution is -2.04. The standard InChI is InChI=1S/C15H13ClFNO2/c1-2-9-7-11(17)4-6-13(9)18-14-5-3-10(16)8-12(14)15(19)20/h3-8,18H,2H2,1H3,(H,19,20). The van der Waals surface area contributed by atoms with E-state index in [-0.39, 0.29) is 11.4 Å². The lowest BCUT2D eigenvalue weighted by molar-refractivity contribution is 0.0698. The molecule has 0 aliphatic heterocycles. The van der Waals surface area contributed by atoms with Gasteiger partial charge in [-0.15, -0.1) is 0 Å². The second-order valence-electron chi connectivity index (χ2n) is 4.28. The molecule has 20 heavy (non-hydrogen) atoms. The number of aryl methyl sites for hydroxylation is 1. The van der Waals surface area contributed by atoms with E-state index in [1.165, 1.54) is 18.2 Å². The van der Waals surface area contributed by atoms with E-state index >= 15 is 0 Å². The number of hydrogen-bond donors (Lipinski definition) is 2. The number of aromatic carboxylic acids is 1. The minimum absolute atomic E-state index is 0.0730. The molecular formula is C15H13ClFNO2. The second-order valence-corrected chi connectivity index (χ2v) is 4.71. The topological polar surface area (TPSA) is 49.3 Å². The van der Waals surface area contributed by atoms with Crippen LogP contribution in [0.1, 0.15) is 22.8 Å². The normalized spacial score (nSPS) is 10.3. The summed E-state index contributed by atoms with van der Waals surface area (Å²) in [5, 5.41) is 12.6. The smallest absolute Gasteiger partial charge is 0.337 e. The Balaban J connectivity index is 2.42. The van der Waals surface area contributed by atoms with E-state index in [2.05, 4.69) is 5.32 Å². The summed E-state index contributed by atoms with van der Waals surface area (Å²) in [6.07, 6.45) is 0.635. The summed E-state index contributed by atoms with van der Waals surface area (Å²) in [5.74, 6) is -1.39. The predicted molar refractivity (Wildman–Crippen MR) is 77.5 cm³/mol. The highest BCUT2D eigenvalue weighted by Gasteiger charge is 2.12. The second kappa shape index (κ2) is 5.92. The molecule has 0 aliphatic carbocycles. The van der Waals surface area contributed by atoms with Gasteiger partial charge in [-0.1, -0.05) is 18.5 Å². The molecule has 0 amide bonds. The van der Waals surface area contributed by atoms with Crippen LogP contribution in [-0.4, -0.2) is 11.1 Å². The average molecular weight is 294 g/mol. The van der Waals surface area contributed by atoms with Crippen LogP contribution < -0.4 is 5.32 Å². The maximum Gasteiger partial charge on any atom is 0.337 e. The molecule has 0 spiro atoms. The van der Waals surface area contributed by atoms with Crippen LogP contribution in [0.5, 0.6) is 0 Å². The third kappa shape index (κ3) is 3.08. The highest BCUT2D eigenvalue weighted by molar-refractivity contribution is 6.31. The summed E-state index contributed by atoms with van der Waals surface area (Å²) >= 11 is 5.80. The van der Waals surface area contributed by atoms with E-state index in [9.17, 15) is 14.3 Å². The van der Waals surface area contributed by atoms with Crippen molar-refractivity contribution in [3.8, 4) is 0 Å². The highest BCUT2D eigenvalue weighted by atomic mass is 35.5.